The topological polar surface area (TPSA) is 77.4 Å². The van der Waals surface area contributed by atoms with E-state index < -0.39 is 0 Å². The van der Waals surface area contributed by atoms with Crippen molar-refractivity contribution in [2.45, 2.75) is 19.3 Å². The van der Waals surface area contributed by atoms with Crippen LogP contribution in [0.5, 0.6) is 5.75 Å². The summed E-state index contributed by atoms with van der Waals surface area (Å²) in [5.74, 6) is 1.36. The third kappa shape index (κ3) is 3.01. The molecule has 20 heavy (non-hydrogen) atoms. The van der Waals surface area contributed by atoms with Gasteiger partial charge in [-0.15, -0.1) is 5.10 Å². The number of rotatable bonds is 5. The molecule has 1 fully saturated rings. The largest absolute Gasteiger partial charge is 0.493 e. The van der Waals surface area contributed by atoms with Crippen molar-refractivity contribution >= 4 is 11.7 Å². The Morgan fingerprint density at radius 2 is 2.10 bits per heavy atom. The number of nitrogen functional groups attached to an aromatic ring is 1. The average molecular weight is 274 g/mol. The summed E-state index contributed by atoms with van der Waals surface area (Å²) in [6.07, 6.45) is 2.97. The van der Waals surface area contributed by atoms with E-state index in [2.05, 4.69) is 15.1 Å². The fourth-order valence-electron chi connectivity index (χ4n) is 2.24. The van der Waals surface area contributed by atoms with Crippen molar-refractivity contribution in [1.29, 1.82) is 0 Å². The molecule has 106 valence electrons. The Balaban J connectivity index is 1.51. The minimum atomic E-state index is 0.491. The van der Waals surface area contributed by atoms with E-state index in [1.165, 1.54) is 12.8 Å². The smallest absolute Gasteiger partial charge is 0.318 e. The zero-order valence-electron chi connectivity index (χ0n) is 11.3. The molecule has 1 aliphatic rings. The summed E-state index contributed by atoms with van der Waals surface area (Å²) in [6, 6.07) is 7.99. The van der Waals surface area contributed by atoms with Gasteiger partial charge >= 0.3 is 6.01 Å². The summed E-state index contributed by atoms with van der Waals surface area (Å²) in [5.41, 5.74) is 6.38. The summed E-state index contributed by atoms with van der Waals surface area (Å²) >= 11 is 0. The lowest BCUT2D eigenvalue weighted by atomic mass is 10.3. The van der Waals surface area contributed by atoms with Gasteiger partial charge in [-0.3, -0.25) is 0 Å². The molecule has 6 heteroatoms. The highest BCUT2D eigenvalue weighted by atomic mass is 16.5. The van der Waals surface area contributed by atoms with Crippen LogP contribution in [0.1, 0.15) is 18.7 Å². The first-order valence-corrected chi connectivity index (χ1v) is 6.87. The van der Waals surface area contributed by atoms with Gasteiger partial charge in [0.25, 0.3) is 0 Å². The van der Waals surface area contributed by atoms with E-state index in [0.29, 0.717) is 30.6 Å². The summed E-state index contributed by atoms with van der Waals surface area (Å²) in [5, 5.41) is 8.12. The molecule has 3 rings (SSSR count). The Labute approximate surface area is 117 Å². The van der Waals surface area contributed by atoms with E-state index in [4.69, 9.17) is 14.9 Å². The van der Waals surface area contributed by atoms with Gasteiger partial charge in [0.1, 0.15) is 5.75 Å². The normalized spacial score (nSPS) is 14.7. The minimum absolute atomic E-state index is 0.491. The first-order valence-electron chi connectivity index (χ1n) is 6.87. The molecular weight excluding hydrogens is 256 g/mol. The van der Waals surface area contributed by atoms with E-state index in [1.807, 2.05) is 18.2 Å². The predicted molar refractivity (Wildman–Crippen MR) is 75.8 cm³/mol. The van der Waals surface area contributed by atoms with Crippen molar-refractivity contribution in [2.24, 2.45) is 0 Å². The lowest BCUT2D eigenvalue weighted by Gasteiger charge is -2.09. The highest BCUT2D eigenvalue weighted by molar-refractivity contribution is 5.43. The lowest BCUT2D eigenvalue weighted by Crippen LogP contribution is -2.17. The number of hydrogen-bond donors (Lipinski definition) is 1. The van der Waals surface area contributed by atoms with E-state index in [1.54, 1.807) is 6.07 Å². The number of nitrogens with zero attached hydrogens (tertiary/aromatic N) is 3. The molecule has 0 amide bonds. The Morgan fingerprint density at radius 1 is 1.25 bits per heavy atom. The van der Waals surface area contributed by atoms with Crippen LogP contribution in [0.25, 0.3) is 0 Å². The number of nitrogens with two attached hydrogens (primary N) is 1. The molecule has 1 aliphatic heterocycles. The van der Waals surface area contributed by atoms with Crippen molar-refractivity contribution in [3.8, 4) is 5.75 Å². The van der Waals surface area contributed by atoms with Crippen molar-refractivity contribution in [3.05, 3.63) is 30.2 Å². The van der Waals surface area contributed by atoms with E-state index in [9.17, 15) is 0 Å². The van der Waals surface area contributed by atoms with Crippen LogP contribution < -0.4 is 15.4 Å². The van der Waals surface area contributed by atoms with Crippen LogP contribution in [0.3, 0.4) is 0 Å². The molecule has 0 bridgehead atoms. The number of benzene rings is 1. The van der Waals surface area contributed by atoms with E-state index in [0.717, 1.165) is 18.8 Å². The van der Waals surface area contributed by atoms with Crippen LogP contribution >= 0.6 is 0 Å². The Kier molecular flexibility index (Phi) is 3.71. The van der Waals surface area contributed by atoms with Crippen LogP contribution in [0.15, 0.2) is 28.7 Å². The first-order chi connectivity index (χ1) is 9.81. The molecule has 1 aromatic heterocycles. The molecule has 2 aromatic rings. The number of anilines is 2. The van der Waals surface area contributed by atoms with E-state index in [-0.39, 0.29) is 0 Å². The van der Waals surface area contributed by atoms with Gasteiger partial charge in [0.05, 0.1) is 13.0 Å². The molecule has 0 spiro atoms. The average Bonchev–Trinajstić information content (AvgIpc) is 3.09. The van der Waals surface area contributed by atoms with Crippen LogP contribution in [-0.4, -0.2) is 29.9 Å². The van der Waals surface area contributed by atoms with Crippen LogP contribution in [0.4, 0.5) is 11.7 Å². The summed E-state index contributed by atoms with van der Waals surface area (Å²) < 4.78 is 11.2. The third-order valence-electron chi connectivity index (χ3n) is 3.28. The fraction of sp³-hybridized carbons (Fsp3) is 0.429. The minimum Gasteiger partial charge on any atom is -0.493 e. The van der Waals surface area contributed by atoms with Gasteiger partial charge in [0, 0.05) is 24.8 Å². The molecule has 2 heterocycles. The van der Waals surface area contributed by atoms with Gasteiger partial charge < -0.3 is 19.8 Å². The lowest BCUT2D eigenvalue weighted by molar-refractivity contribution is 0.306. The fourth-order valence-corrected chi connectivity index (χ4v) is 2.24. The van der Waals surface area contributed by atoms with Gasteiger partial charge in [-0.25, -0.2) is 0 Å². The highest BCUT2D eigenvalue weighted by Crippen LogP contribution is 2.19. The standard InChI is InChI=1S/C14H18N4O2/c15-11-4-3-5-12(10-11)19-9-6-13-16-17-14(20-13)18-7-1-2-8-18/h3-5,10H,1-2,6-9,15H2. The molecule has 0 radical (unpaired) electrons. The van der Waals surface area contributed by atoms with Crippen molar-refractivity contribution < 1.29 is 9.15 Å². The SMILES string of the molecule is Nc1cccc(OCCc2nnc(N3CCCC3)o2)c1. The van der Waals surface area contributed by atoms with Crippen LogP contribution in [0, 0.1) is 0 Å². The molecule has 0 aliphatic carbocycles. The molecule has 0 unspecified atom stereocenters. The zero-order chi connectivity index (χ0) is 13.8. The molecule has 1 saturated heterocycles. The Hall–Kier alpha value is -2.24. The molecule has 0 saturated carbocycles. The van der Waals surface area contributed by atoms with Crippen molar-refractivity contribution in [1.82, 2.24) is 10.2 Å². The maximum Gasteiger partial charge on any atom is 0.318 e. The summed E-state index contributed by atoms with van der Waals surface area (Å²) in [4.78, 5) is 2.12. The third-order valence-corrected chi connectivity index (χ3v) is 3.28. The number of hydrogen-bond acceptors (Lipinski definition) is 6. The second-order valence-corrected chi connectivity index (χ2v) is 4.84. The Bertz CT molecular complexity index is 564. The zero-order valence-corrected chi connectivity index (χ0v) is 11.3. The van der Waals surface area contributed by atoms with Gasteiger partial charge in [0.2, 0.25) is 5.89 Å². The molecular formula is C14H18N4O2. The molecule has 1 aromatic carbocycles. The van der Waals surface area contributed by atoms with Gasteiger partial charge in [-0.2, -0.15) is 0 Å². The first kappa shape index (κ1) is 12.8. The van der Waals surface area contributed by atoms with Crippen molar-refractivity contribution in [3.63, 3.8) is 0 Å². The summed E-state index contributed by atoms with van der Waals surface area (Å²) in [7, 11) is 0. The van der Waals surface area contributed by atoms with Crippen LogP contribution in [-0.2, 0) is 6.42 Å². The Morgan fingerprint density at radius 3 is 2.90 bits per heavy atom. The number of aromatic nitrogens is 2. The summed E-state index contributed by atoms with van der Waals surface area (Å²) in [6.45, 7) is 2.49. The monoisotopic (exact) mass is 274 g/mol. The molecule has 2 N–H and O–H groups in total. The van der Waals surface area contributed by atoms with Crippen molar-refractivity contribution in [2.75, 3.05) is 30.3 Å². The predicted octanol–water partition coefficient (Wildman–Crippen LogP) is 1.87. The van der Waals surface area contributed by atoms with Crippen LogP contribution in [0.2, 0.25) is 0 Å². The number of ether oxygens (including phenoxy) is 1. The highest BCUT2D eigenvalue weighted by Gasteiger charge is 2.18. The molecule has 6 nitrogen and oxygen atoms in total. The van der Waals surface area contributed by atoms with Gasteiger partial charge in [-0.1, -0.05) is 11.2 Å². The van der Waals surface area contributed by atoms with Gasteiger partial charge in [0.15, 0.2) is 0 Å². The maximum absolute atomic E-state index is 5.69. The second kappa shape index (κ2) is 5.81. The molecule has 0 atom stereocenters. The maximum atomic E-state index is 5.69. The van der Waals surface area contributed by atoms with Gasteiger partial charge in [-0.05, 0) is 25.0 Å². The second-order valence-electron chi connectivity index (χ2n) is 4.84. The van der Waals surface area contributed by atoms with E-state index >= 15 is 0 Å². The quantitative estimate of drug-likeness (QED) is 0.839.